The minimum Gasteiger partial charge on any atom is -0.378 e. The molecule has 1 aliphatic heterocycles. The van der Waals surface area contributed by atoms with Crippen LogP contribution in [0, 0.1) is 0 Å². The van der Waals surface area contributed by atoms with Crippen LogP contribution in [0.15, 0.2) is 29.2 Å². The second-order valence-electron chi connectivity index (χ2n) is 5.64. The molecule has 1 atom stereocenters. The Morgan fingerprint density at radius 2 is 2.00 bits per heavy atom. The Morgan fingerprint density at radius 1 is 1.33 bits per heavy atom. The van der Waals surface area contributed by atoms with E-state index in [0.717, 1.165) is 12.1 Å². The molecule has 1 amide bonds. The van der Waals surface area contributed by atoms with Gasteiger partial charge in [-0.3, -0.25) is 4.79 Å². The van der Waals surface area contributed by atoms with Crippen LogP contribution < -0.4 is 10.6 Å². The monoisotopic (exact) mass is 377 g/mol. The van der Waals surface area contributed by atoms with Crippen molar-refractivity contribution in [2.75, 3.05) is 33.9 Å². The number of sulfonamides is 1. The smallest absolute Gasteiger partial charge is 0.242 e. The van der Waals surface area contributed by atoms with Gasteiger partial charge in [0.15, 0.2) is 0 Å². The van der Waals surface area contributed by atoms with Gasteiger partial charge in [-0.1, -0.05) is 12.1 Å². The number of carbonyl (C=O) groups is 1. The van der Waals surface area contributed by atoms with E-state index < -0.39 is 10.0 Å². The lowest BCUT2D eigenvalue weighted by Gasteiger charge is -2.23. The Hall–Kier alpha value is -1.19. The molecule has 2 rings (SSSR count). The van der Waals surface area contributed by atoms with Crippen LogP contribution in [0.2, 0.25) is 0 Å². The molecule has 7 nitrogen and oxygen atoms in total. The second kappa shape index (κ2) is 9.33. The molecule has 1 aromatic rings. The molecule has 1 unspecified atom stereocenters. The van der Waals surface area contributed by atoms with E-state index in [0.29, 0.717) is 26.2 Å². The molecular formula is C15H24ClN3O4S. The molecular weight excluding hydrogens is 354 g/mol. The number of hydrogen-bond acceptors (Lipinski definition) is 5. The molecule has 9 heteroatoms. The van der Waals surface area contributed by atoms with E-state index in [2.05, 4.69) is 10.6 Å². The van der Waals surface area contributed by atoms with E-state index in [-0.39, 0.29) is 29.3 Å². The molecule has 24 heavy (non-hydrogen) atoms. The predicted octanol–water partition coefficient (Wildman–Crippen LogP) is 0.353. The van der Waals surface area contributed by atoms with E-state index >= 15 is 0 Å². The Labute approximate surface area is 149 Å². The quantitative estimate of drug-likeness (QED) is 0.747. The molecule has 1 saturated heterocycles. The van der Waals surface area contributed by atoms with Crippen molar-refractivity contribution in [3.05, 3.63) is 29.8 Å². The Balaban J connectivity index is 0.00000288. The fourth-order valence-electron chi connectivity index (χ4n) is 2.24. The summed E-state index contributed by atoms with van der Waals surface area (Å²) in [5.41, 5.74) is 0.851. The number of nitrogens with one attached hydrogen (secondary N) is 2. The standard InChI is InChI=1S/C15H23N3O4S.ClH/c1-18(2)23(20,21)14-5-3-12(4-6-14)10-17-15(19)9-13-11-22-8-7-16-13;/h3-6,13,16H,7-11H2,1-2H3,(H,17,19);1H. The van der Waals surface area contributed by atoms with Crippen LogP contribution in [0.1, 0.15) is 12.0 Å². The third-order valence-corrected chi connectivity index (χ3v) is 5.45. The summed E-state index contributed by atoms with van der Waals surface area (Å²) in [5.74, 6) is -0.0574. The van der Waals surface area contributed by atoms with Gasteiger partial charge in [0.1, 0.15) is 0 Å². The van der Waals surface area contributed by atoms with Crippen LogP contribution in [-0.2, 0) is 26.1 Å². The van der Waals surface area contributed by atoms with Crippen LogP contribution >= 0.6 is 12.4 Å². The molecule has 1 fully saturated rings. The van der Waals surface area contributed by atoms with Crippen LogP contribution in [0.5, 0.6) is 0 Å². The summed E-state index contributed by atoms with van der Waals surface area (Å²) < 4.78 is 30.4. The number of morpholine rings is 1. The van der Waals surface area contributed by atoms with Crippen molar-refractivity contribution in [2.24, 2.45) is 0 Å². The largest absolute Gasteiger partial charge is 0.378 e. The van der Waals surface area contributed by atoms with Gasteiger partial charge < -0.3 is 15.4 Å². The SMILES string of the molecule is CN(C)S(=O)(=O)c1ccc(CNC(=O)CC2COCCN2)cc1.Cl. The average molecular weight is 378 g/mol. The van der Waals surface area contributed by atoms with Gasteiger partial charge in [0.05, 0.1) is 18.1 Å². The van der Waals surface area contributed by atoms with Crippen molar-refractivity contribution in [2.45, 2.75) is 23.9 Å². The van der Waals surface area contributed by atoms with Gasteiger partial charge in [0, 0.05) is 39.6 Å². The highest BCUT2D eigenvalue weighted by Gasteiger charge is 2.18. The normalized spacial score (nSPS) is 18.0. The highest BCUT2D eigenvalue weighted by molar-refractivity contribution is 7.89. The van der Waals surface area contributed by atoms with Gasteiger partial charge in [-0.25, -0.2) is 12.7 Å². The number of carbonyl (C=O) groups excluding carboxylic acids is 1. The van der Waals surface area contributed by atoms with E-state index in [4.69, 9.17) is 4.74 Å². The van der Waals surface area contributed by atoms with Gasteiger partial charge in [-0.2, -0.15) is 0 Å². The molecule has 0 spiro atoms. The number of nitrogens with zero attached hydrogens (tertiary/aromatic N) is 1. The first-order valence-electron chi connectivity index (χ1n) is 7.49. The Kier molecular flexibility index (Phi) is 8.11. The molecule has 0 saturated carbocycles. The number of halogens is 1. The van der Waals surface area contributed by atoms with Gasteiger partial charge in [-0.15, -0.1) is 12.4 Å². The summed E-state index contributed by atoms with van der Waals surface area (Å²) in [6.45, 7) is 2.36. The maximum Gasteiger partial charge on any atom is 0.242 e. The fraction of sp³-hybridized carbons (Fsp3) is 0.533. The van der Waals surface area contributed by atoms with E-state index in [1.807, 2.05) is 0 Å². The maximum atomic E-state index is 12.0. The first-order valence-corrected chi connectivity index (χ1v) is 8.93. The van der Waals surface area contributed by atoms with Gasteiger partial charge in [0.25, 0.3) is 0 Å². The number of rotatable bonds is 6. The van der Waals surface area contributed by atoms with Gasteiger partial charge in [0.2, 0.25) is 15.9 Å². The lowest BCUT2D eigenvalue weighted by molar-refractivity contribution is -0.122. The van der Waals surface area contributed by atoms with E-state index in [1.165, 1.54) is 18.4 Å². The van der Waals surface area contributed by atoms with E-state index in [9.17, 15) is 13.2 Å². The fourth-order valence-corrected chi connectivity index (χ4v) is 3.14. The number of benzene rings is 1. The lowest BCUT2D eigenvalue weighted by atomic mass is 10.2. The van der Waals surface area contributed by atoms with Crippen molar-refractivity contribution < 1.29 is 17.9 Å². The summed E-state index contributed by atoms with van der Waals surface area (Å²) in [7, 11) is -0.435. The summed E-state index contributed by atoms with van der Waals surface area (Å²) in [6, 6.07) is 6.56. The van der Waals surface area contributed by atoms with Crippen LogP contribution in [0.4, 0.5) is 0 Å². The Bertz CT molecular complexity index is 629. The van der Waals surface area contributed by atoms with Crippen molar-refractivity contribution in [3.63, 3.8) is 0 Å². The third kappa shape index (κ3) is 5.71. The number of amides is 1. The van der Waals surface area contributed by atoms with Crippen molar-refractivity contribution in [1.29, 1.82) is 0 Å². The molecule has 0 bridgehead atoms. The third-order valence-electron chi connectivity index (χ3n) is 3.62. The lowest BCUT2D eigenvalue weighted by Crippen LogP contribution is -2.44. The van der Waals surface area contributed by atoms with Crippen LogP contribution in [-0.4, -0.2) is 58.5 Å². The minimum absolute atomic E-state index is 0. The highest BCUT2D eigenvalue weighted by Crippen LogP contribution is 2.14. The first-order chi connectivity index (χ1) is 10.9. The molecule has 0 aliphatic carbocycles. The summed E-state index contributed by atoms with van der Waals surface area (Å²) >= 11 is 0. The summed E-state index contributed by atoms with van der Waals surface area (Å²) in [4.78, 5) is 12.1. The molecule has 1 heterocycles. The van der Waals surface area contributed by atoms with E-state index in [1.54, 1.807) is 24.3 Å². The molecule has 136 valence electrons. The summed E-state index contributed by atoms with van der Waals surface area (Å²) in [6.07, 6.45) is 0.368. The van der Waals surface area contributed by atoms with Crippen LogP contribution in [0.25, 0.3) is 0 Å². The average Bonchev–Trinajstić information content (AvgIpc) is 2.54. The number of ether oxygens (including phenoxy) is 1. The minimum atomic E-state index is -3.42. The Morgan fingerprint density at radius 3 is 2.54 bits per heavy atom. The predicted molar refractivity (Wildman–Crippen MR) is 93.6 cm³/mol. The molecule has 1 aromatic carbocycles. The molecule has 2 N–H and O–H groups in total. The highest BCUT2D eigenvalue weighted by atomic mass is 35.5. The van der Waals surface area contributed by atoms with Crippen LogP contribution in [0.3, 0.4) is 0 Å². The van der Waals surface area contributed by atoms with Crippen molar-refractivity contribution in [1.82, 2.24) is 14.9 Å². The first kappa shape index (κ1) is 20.9. The van der Waals surface area contributed by atoms with Crippen molar-refractivity contribution in [3.8, 4) is 0 Å². The summed E-state index contributed by atoms with van der Waals surface area (Å²) in [5, 5.41) is 6.06. The zero-order valence-corrected chi connectivity index (χ0v) is 15.5. The molecule has 0 aromatic heterocycles. The van der Waals surface area contributed by atoms with Gasteiger partial charge >= 0.3 is 0 Å². The van der Waals surface area contributed by atoms with Gasteiger partial charge in [-0.05, 0) is 17.7 Å². The van der Waals surface area contributed by atoms with Crippen molar-refractivity contribution >= 4 is 28.3 Å². The molecule has 0 radical (unpaired) electrons. The zero-order chi connectivity index (χ0) is 16.9. The topological polar surface area (TPSA) is 87.7 Å². The zero-order valence-electron chi connectivity index (χ0n) is 13.8. The number of hydrogen-bond donors (Lipinski definition) is 2. The second-order valence-corrected chi connectivity index (χ2v) is 7.79. The maximum absolute atomic E-state index is 12.0. The molecule has 1 aliphatic rings.